The van der Waals surface area contributed by atoms with Crippen molar-refractivity contribution in [3.63, 3.8) is 0 Å². The number of carboxylic acid groups (broad SMARTS) is 1. The summed E-state index contributed by atoms with van der Waals surface area (Å²) in [7, 11) is 0. The van der Waals surface area contributed by atoms with Crippen LogP contribution in [0.2, 0.25) is 0 Å². The minimum Gasteiger partial charge on any atom is -0.479 e. The molecule has 0 aromatic carbocycles. The summed E-state index contributed by atoms with van der Waals surface area (Å²) in [6, 6.07) is 0. The molecule has 0 aliphatic carbocycles. The Hall–Kier alpha value is -0.860. The van der Waals surface area contributed by atoms with Crippen LogP contribution in [0.1, 0.15) is 19.8 Å². The van der Waals surface area contributed by atoms with Crippen molar-refractivity contribution in [3.8, 4) is 0 Å². The molecule has 0 heterocycles. The second kappa shape index (κ2) is 4.88. The highest BCUT2D eigenvalue weighted by molar-refractivity contribution is 5.72. The third-order valence-corrected chi connectivity index (χ3v) is 1.54. The number of hydrogen-bond acceptors (Lipinski definition) is 1. The van der Waals surface area contributed by atoms with E-state index in [1.165, 1.54) is 6.08 Å². The lowest BCUT2D eigenvalue weighted by atomic mass is 9.98. The number of allylic oxidation sites excluding steroid dienone is 1. The summed E-state index contributed by atoms with van der Waals surface area (Å²) in [6.45, 7) is 5.26. The highest BCUT2D eigenvalue weighted by Gasteiger charge is 2.23. The fourth-order valence-corrected chi connectivity index (χ4v) is 0.900. The molecule has 0 spiro atoms. The molecule has 2 atom stereocenters. The topological polar surface area (TPSA) is 37.3 Å². The monoisotopic (exact) mass is 160 g/mol. The largest absolute Gasteiger partial charge is 0.479 e. The highest BCUT2D eigenvalue weighted by atomic mass is 19.1. The molecular weight excluding hydrogens is 147 g/mol. The van der Waals surface area contributed by atoms with Gasteiger partial charge in [0, 0.05) is 5.92 Å². The van der Waals surface area contributed by atoms with Crippen molar-refractivity contribution in [2.75, 3.05) is 0 Å². The molecule has 0 aromatic rings. The maximum Gasteiger partial charge on any atom is 0.338 e. The fourth-order valence-electron chi connectivity index (χ4n) is 0.900. The molecule has 0 radical (unpaired) electrons. The molecule has 0 fully saturated rings. The summed E-state index contributed by atoms with van der Waals surface area (Å²) in [5.74, 6) is -1.94. The van der Waals surface area contributed by atoms with Crippen molar-refractivity contribution in [1.82, 2.24) is 0 Å². The molecule has 0 aliphatic heterocycles. The number of carbonyl (C=O) groups is 1. The van der Waals surface area contributed by atoms with Gasteiger partial charge in [0.1, 0.15) is 0 Å². The second-order valence-electron chi connectivity index (χ2n) is 2.43. The van der Waals surface area contributed by atoms with Gasteiger partial charge in [-0.2, -0.15) is 0 Å². The number of carboxylic acids is 1. The molecule has 0 aliphatic rings. The molecular formula is C8H13FO2. The quantitative estimate of drug-likeness (QED) is 0.624. The first-order valence-electron chi connectivity index (χ1n) is 3.62. The van der Waals surface area contributed by atoms with E-state index in [0.717, 1.165) is 6.42 Å². The third kappa shape index (κ3) is 3.16. The van der Waals surface area contributed by atoms with Gasteiger partial charge in [-0.3, -0.25) is 0 Å². The summed E-state index contributed by atoms with van der Waals surface area (Å²) in [6.07, 6.45) is 0.872. The van der Waals surface area contributed by atoms with E-state index in [-0.39, 0.29) is 0 Å². The van der Waals surface area contributed by atoms with E-state index >= 15 is 0 Å². The van der Waals surface area contributed by atoms with Crippen LogP contribution in [0.15, 0.2) is 12.7 Å². The van der Waals surface area contributed by atoms with Gasteiger partial charge in [0.2, 0.25) is 6.17 Å². The molecule has 2 nitrogen and oxygen atoms in total. The summed E-state index contributed by atoms with van der Waals surface area (Å²) < 4.78 is 12.7. The Kier molecular flexibility index (Phi) is 4.50. The van der Waals surface area contributed by atoms with E-state index in [9.17, 15) is 9.18 Å². The van der Waals surface area contributed by atoms with Gasteiger partial charge in [-0.05, 0) is 6.42 Å². The van der Waals surface area contributed by atoms with Gasteiger partial charge in [0.05, 0.1) is 0 Å². The summed E-state index contributed by atoms with van der Waals surface area (Å²) in [5.41, 5.74) is 0. The van der Waals surface area contributed by atoms with Crippen LogP contribution < -0.4 is 0 Å². The van der Waals surface area contributed by atoms with Gasteiger partial charge in [-0.25, -0.2) is 9.18 Å². The summed E-state index contributed by atoms with van der Waals surface area (Å²) >= 11 is 0. The zero-order valence-electron chi connectivity index (χ0n) is 6.59. The Balaban J connectivity index is 4.01. The normalized spacial score (nSPS) is 15.5. The maximum atomic E-state index is 12.7. The van der Waals surface area contributed by atoms with Gasteiger partial charge in [-0.15, -0.1) is 6.58 Å². The number of aliphatic carboxylic acids is 1. The minimum atomic E-state index is -1.80. The van der Waals surface area contributed by atoms with E-state index in [1.54, 1.807) is 0 Å². The van der Waals surface area contributed by atoms with Crippen molar-refractivity contribution in [3.05, 3.63) is 12.7 Å². The second-order valence-corrected chi connectivity index (χ2v) is 2.43. The predicted octanol–water partition coefficient (Wildman–Crippen LogP) is 2.01. The molecule has 3 heteroatoms. The van der Waals surface area contributed by atoms with Gasteiger partial charge >= 0.3 is 5.97 Å². The third-order valence-electron chi connectivity index (χ3n) is 1.54. The van der Waals surface area contributed by atoms with Gasteiger partial charge in [0.15, 0.2) is 0 Å². The molecule has 1 N–H and O–H groups in total. The average molecular weight is 160 g/mol. The lowest BCUT2D eigenvalue weighted by molar-refractivity contribution is -0.144. The van der Waals surface area contributed by atoms with Crippen LogP contribution in [0.3, 0.4) is 0 Å². The zero-order chi connectivity index (χ0) is 8.85. The van der Waals surface area contributed by atoms with Crippen LogP contribution in [0.5, 0.6) is 0 Å². The van der Waals surface area contributed by atoms with Gasteiger partial charge in [-0.1, -0.05) is 19.4 Å². The first kappa shape index (κ1) is 10.1. The smallest absolute Gasteiger partial charge is 0.338 e. The summed E-state index contributed by atoms with van der Waals surface area (Å²) in [5, 5.41) is 8.29. The fraction of sp³-hybridized carbons (Fsp3) is 0.625. The number of hydrogen-bond donors (Lipinski definition) is 1. The van der Waals surface area contributed by atoms with Crippen molar-refractivity contribution in [2.24, 2.45) is 5.92 Å². The highest BCUT2D eigenvalue weighted by Crippen LogP contribution is 2.15. The van der Waals surface area contributed by atoms with Crippen molar-refractivity contribution < 1.29 is 14.3 Å². The minimum absolute atomic E-state index is 0.539. The molecule has 0 saturated heterocycles. The predicted molar refractivity (Wildman–Crippen MR) is 41.1 cm³/mol. The SMILES string of the molecule is C=C[C@@H](CCC)[C@@H](F)C(=O)O. The number of halogens is 1. The van der Waals surface area contributed by atoms with E-state index in [0.29, 0.717) is 6.42 Å². The lowest BCUT2D eigenvalue weighted by Crippen LogP contribution is -2.23. The lowest BCUT2D eigenvalue weighted by Gasteiger charge is -2.11. The number of rotatable bonds is 5. The van der Waals surface area contributed by atoms with Crippen molar-refractivity contribution in [2.45, 2.75) is 25.9 Å². The Morgan fingerprint density at radius 2 is 2.36 bits per heavy atom. The Morgan fingerprint density at radius 3 is 2.64 bits per heavy atom. The summed E-state index contributed by atoms with van der Waals surface area (Å²) in [4.78, 5) is 10.2. The van der Waals surface area contributed by atoms with E-state index in [4.69, 9.17) is 5.11 Å². The van der Waals surface area contributed by atoms with Crippen LogP contribution in [0, 0.1) is 5.92 Å². The molecule has 0 bridgehead atoms. The molecule has 0 aromatic heterocycles. The maximum absolute atomic E-state index is 12.7. The van der Waals surface area contributed by atoms with Crippen LogP contribution in [0.4, 0.5) is 4.39 Å². The Labute approximate surface area is 65.7 Å². The molecule has 11 heavy (non-hydrogen) atoms. The molecule has 0 saturated carbocycles. The van der Waals surface area contributed by atoms with Crippen LogP contribution in [-0.2, 0) is 4.79 Å². The van der Waals surface area contributed by atoms with Gasteiger partial charge < -0.3 is 5.11 Å². The van der Waals surface area contributed by atoms with Crippen LogP contribution >= 0.6 is 0 Å². The Bertz CT molecular complexity index is 145. The first-order valence-corrected chi connectivity index (χ1v) is 3.62. The zero-order valence-corrected chi connectivity index (χ0v) is 6.59. The van der Waals surface area contributed by atoms with E-state index < -0.39 is 18.1 Å². The molecule has 0 unspecified atom stereocenters. The van der Waals surface area contributed by atoms with E-state index in [1.807, 2.05) is 6.92 Å². The van der Waals surface area contributed by atoms with Crippen molar-refractivity contribution >= 4 is 5.97 Å². The van der Waals surface area contributed by atoms with E-state index in [2.05, 4.69) is 6.58 Å². The average Bonchev–Trinajstić information content (AvgIpc) is 1.98. The molecule has 64 valence electrons. The van der Waals surface area contributed by atoms with Crippen LogP contribution in [-0.4, -0.2) is 17.2 Å². The standard InChI is InChI=1S/C8H13FO2/c1-3-5-6(4-2)7(9)8(10)11/h4,6-7H,2-3,5H2,1H3,(H,10,11)/t6-,7+/m0/s1. The number of alkyl halides is 1. The van der Waals surface area contributed by atoms with Crippen molar-refractivity contribution in [1.29, 1.82) is 0 Å². The Morgan fingerprint density at radius 1 is 1.82 bits per heavy atom. The van der Waals surface area contributed by atoms with Crippen LogP contribution in [0.25, 0.3) is 0 Å². The van der Waals surface area contributed by atoms with Gasteiger partial charge in [0.25, 0.3) is 0 Å². The molecule has 0 amide bonds. The first-order chi connectivity index (χ1) is 5.13. The molecule has 0 rings (SSSR count).